The summed E-state index contributed by atoms with van der Waals surface area (Å²) in [6, 6.07) is 0. The van der Waals surface area contributed by atoms with Gasteiger partial charge in [0.2, 0.25) is 0 Å². The van der Waals surface area contributed by atoms with E-state index in [9.17, 15) is 9.59 Å². The molecular formula is C24H34O4S. The lowest BCUT2D eigenvalue weighted by Crippen LogP contribution is -2.12. The van der Waals surface area contributed by atoms with Gasteiger partial charge in [-0.05, 0) is 39.5 Å². The van der Waals surface area contributed by atoms with E-state index in [-0.39, 0.29) is 23.4 Å². The number of furan rings is 2. The molecular weight excluding hydrogens is 384 g/mol. The van der Waals surface area contributed by atoms with Gasteiger partial charge in [-0.15, -0.1) is 0 Å². The highest BCUT2D eigenvalue weighted by atomic mass is 32.2. The Hall–Kier alpha value is -1.75. The summed E-state index contributed by atoms with van der Waals surface area (Å²) >= 11 is 1.57. The van der Waals surface area contributed by atoms with Crippen LogP contribution in [0.4, 0.5) is 0 Å². The largest absolute Gasteiger partial charge is 0.468 e. The molecule has 160 valence electrons. The summed E-state index contributed by atoms with van der Waals surface area (Å²) in [4.78, 5) is 27.3. The zero-order valence-corrected chi connectivity index (χ0v) is 19.4. The van der Waals surface area contributed by atoms with Crippen molar-refractivity contribution in [2.45, 2.75) is 102 Å². The SMILES string of the molecule is CCCC(=O)C(CC)c1coc(C)c1Sc1c(C(CC)C(=O)CCC)coc1C. The molecule has 5 heteroatoms. The molecule has 0 bridgehead atoms. The Balaban J connectivity index is 2.43. The summed E-state index contributed by atoms with van der Waals surface area (Å²) in [5.41, 5.74) is 1.90. The number of hydrogen-bond acceptors (Lipinski definition) is 5. The molecule has 0 saturated carbocycles. The summed E-state index contributed by atoms with van der Waals surface area (Å²) in [5.74, 6) is 1.79. The zero-order chi connectivity index (χ0) is 21.6. The molecule has 2 atom stereocenters. The maximum atomic E-state index is 12.7. The quantitative estimate of drug-likeness (QED) is 0.360. The van der Waals surface area contributed by atoms with E-state index >= 15 is 0 Å². The van der Waals surface area contributed by atoms with Crippen molar-refractivity contribution in [1.82, 2.24) is 0 Å². The van der Waals surface area contributed by atoms with Gasteiger partial charge >= 0.3 is 0 Å². The molecule has 0 aromatic carbocycles. The molecule has 0 aliphatic rings. The van der Waals surface area contributed by atoms with Crippen molar-refractivity contribution in [1.29, 1.82) is 0 Å². The van der Waals surface area contributed by atoms with E-state index in [4.69, 9.17) is 8.83 Å². The molecule has 29 heavy (non-hydrogen) atoms. The second-order valence-electron chi connectivity index (χ2n) is 7.61. The molecule has 0 radical (unpaired) electrons. The molecule has 0 fully saturated rings. The minimum atomic E-state index is -0.158. The zero-order valence-electron chi connectivity index (χ0n) is 18.6. The van der Waals surface area contributed by atoms with E-state index in [2.05, 4.69) is 0 Å². The molecule has 2 rings (SSSR count). The van der Waals surface area contributed by atoms with Gasteiger partial charge in [0.1, 0.15) is 23.1 Å². The van der Waals surface area contributed by atoms with Gasteiger partial charge in [0.15, 0.2) is 0 Å². The van der Waals surface area contributed by atoms with Crippen LogP contribution in [0.25, 0.3) is 0 Å². The van der Waals surface area contributed by atoms with Crippen LogP contribution in [-0.4, -0.2) is 11.6 Å². The fourth-order valence-corrected chi connectivity index (χ4v) is 5.06. The summed E-state index contributed by atoms with van der Waals surface area (Å²) in [5, 5.41) is 0. The fourth-order valence-electron chi connectivity index (χ4n) is 3.85. The van der Waals surface area contributed by atoms with Crippen LogP contribution < -0.4 is 0 Å². The van der Waals surface area contributed by atoms with Gasteiger partial charge in [-0.2, -0.15) is 0 Å². The first-order valence-electron chi connectivity index (χ1n) is 10.8. The van der Waals surface area contributed by atoms with Crippen molar-refractivity contribution in [3.63, 3.8) is 0 Å². The van der Waals surface area contributed by atoms with Crippen LogP contribution in [0.5, 0.6) is 0 Å². The average molecular weight is 419 g/mol. The number of hydrogen-bond donors (Lipinski definition) is 0. The van der Waals surface area contributed by atoms with Gasteiger partial charge in [-0.25, -0.2) is 0 Å². The predicted molar refractivity (Wildman–Crippen MR) is 117 cm³/mol. The van der Waals surface area contributed by atoms with Crippen molar-refractivity contribution in [2.75, 3.05) is 0 Å². The molecule has 4 nitrogen and oxygen atoms in total. The molecule has 2 aromatic heterocycles. The first-order chi connectivity index (χ1) is 13.9. The van der Waals surface area contributed by atoms with E-state index in [1.54, 1.807) is 24.3 Å². The Morgan fingerprint density at radius 2 is 1.17 bits per heavy atom. The molecule has 0 N–H and O–H groups in total. The van der Waals surface area contributed by atoms with Crippen molar-refractivity contribution in [3.05, 3.63) is 35.2 Å². The van der Waals surface area contributed by atoms with E-state index in [0.717, 1.165) is 58.1 Å². The Kier molecular flexibility index (Phi) is 8.81. The fraction of sp³-hybridized carbons (Fsp3) is 0.583. The molecule has 0 amide bonds. The standard InChI is InChI=1S/C24H34O4S/c1-7-11-21(25)17(9-3)19-13-27-15(5)23(19)29-24-16(6)28-14-20(24)18(10-4)22(26)12-8-2/h13-14,17-18H,7-12H2,1-6H3. The number of ketones is 2. The molecule has 0 saturated heterocycles. The Morgan fingerprint density at radius 3 is 1.48 bits per heavy atom. The van der Waals surface area contributed by atoms with Crippen LogP contribution in [0.1, 0.15) is 101 Å². The van der Waals surface area contributed by atoms with Crippen LogP contribution in [0.15, 0.2) is 31.2 Å². The maximum absolute atomic E-state index is 12.7. The van der Waals surface area contributed by atoms with Gasteiger partial charge in [0.05, 0.1) is 22.3 Å². The Labute approximate surface area is 178 Å². The van der Waals surface area contributed by atoms with Crippen LogP contribution in [0.3, 0.4) is 0 Å². The van der Waals surface area contributed by atoms with Crippen molar-refractivity contribution < 1.29 is 18.4 Å². The molecule has 2 heterocycles. The second-order valence-corrected chi connectivity index (χ2v) is 8.63. The van der Waals surface area contributed by atoms with Crippen LogP contribution >= 0.6 is 11.8 Å². The van der Waals surface area contributed by atoms with Gasteiger partial charge in [-0.3, -0.25) is 9.59 Å². The van der Waals surface area contributed by atoms with Gasteiger partial charge < -0.3 is 8.83 Å². The summed E-state index contributed by atoms with van der Waals surface area (Å²) in [7, 11) is 0. The molecule has 2 unspecified atom stereocenters. The lowest BCUT2D eigenvalue weighted by atomic mass is 9.91. The predicted octanol–water partition coefficient (Wildman–Crippen LogP) is 7.37. The van der Waals surface area contributed by atoms with Crippen LogP contribution in [0.2, 0.25) is 0 Å². The van der Waals surface area contributed by atoms with E-state index in [1.165, 1.54) is 0 Å². The first-order valence-corrected chi connectivity index (χ1v) is 11.6. The molecule has 0 aliphatic carbocycles. The number of carbonyl (C=O) groups excluding carboxylic acids is 2. The van der Waals surface area contributed by atoms with Gasteiger partial charge in [0.25, 0.3) is 0 Å². The Bertz CT molecular complexity index is 762. The minimum absolute atomic E-state index is 0.158. The van der Waals surface area contributed by atoms with Crippen molar-refractivity contribution in [3.8, 4) is 0 Å². The first kappa shape index (κ1) is 23.5. The highest BCUT2D eigenvalue weighted by Gasteiger charge is 2.29. The summed E-state index contributed by atoms with van der Waals surface area (Å²) in [6.07, 6.45) is 7.79. The number of aryl methyl sites for hydroxylation is 2. The average Bonchev–Trinajstić information content (AvgIpc) is 3.22. The van der Waals surface area contributed by atoms with E-state index in [0.29, 0.717) is 12.8 Å². The normalized spacial score (nSPS) is 13.4. The number of carbonyl (C=O) groups is 2. The summed E-state index contributed by atoms with van der Waals surface area (Å²) < 4.78 is 11.5. The van der Waals surface area contributed by atoms with E-state index in [1.807, 2.05) is 41.5 Å². The maximum Gasteiger partial charge on any atom is 0.140 e. The highest BCUT2D eigenvalue weighted by Crippen LogP contribution is 2.44. The smallest absolute Gasteiger partial charge is 0.140 e. The summed E-state index contributed by atoms with van der Waals surface area (Å²) in [6.45, 7) is 12.0. The topological polar surface area (TPSA) is 60.4 Å². The molecule has 0 spiro atoms. The second kappa shape index (κ2) is 10.9. The number of Topliss-reactive ketones (excluding diaryl/α,β-unsaturated/α-hetero) is 2. The van der Waals surface area contributed by atoms with Crippen LogP contribution in [0, 0.1) is 13.8 Å². The monoisotopic (exact) mass is 418 g/mol. The lowest BCUT2D eigenvalue weighted by Gasteiger charge is -2.16. The van der Waals surface area contributed by atoms with Gasteiger partial charge in [-0.1, -0.05) is 39.5 Å². The third kappa shape index (κ3) is 5.25. The van der Waals surface area contributed by atoms with Crippen LogP contribution in [-0.2, 0) is 9.59 Å². The molecule has 0 aliphatic heterocycles. The Morgan fingerprint density at radius 1 is 0.793 bits per heavy atom. The number of rotatable bonds is 12. The third-order valence-electron chi connectivity index (χ3n) is 5.43. The lowest BCUT2D eigenvalue weighted by molar-refractivity contribution is -0.121. The van der Waals surface area contributed by atoms with E-state index < -0.39 is 0 Å². The highest BCUT2D eigenvalue weighted by molar-refractivity contribution is 7.99. The van der Waals surface area contributed by atoms with Gasteiger partial charge in [0, 0.05) is 35.8 Å². The minimum Gasteiger partial charge on any atom is -0.468 e. The molecule has 2 aromatic rings. The van der Waals surface area contributed by atoms with Crippen molar-refractivity contribution in [2.24, 2.45) is 0 Å². The van der Waals surface area contributed by atoms with Crippen molar-refractivity contribution >= 4 is 23.3 Å². The third-order valence-corrected chi connectivity index (χ3v) is 6.89.